The number of fused-ring (bicyclic) bond motifs is 1. The van der Waals surface area contributed by atoms with Crippen LogP contribution >= 0.6 is 0 Å². The highest BCUT2D eigenvalue weighted by molar-refractivity contribution is 5.99. The number of primary amides is 1. The molecule has 184 valence electrons. The molecular weight excluding hydrogens is 444 g/mol. The summed E-state index contributed by atoms with van der Waals surface area (Å²) in [5, 5.41) is 15.4. The van der Waals surface area contributed by atoms with Crippen LogP contribution in [0, 0.1) is 0 Å². The van der Waals surface area contributed by atoms with Crippen LogP contribution in [0.2, 0.25) is 0 Å². The van der Waals surface area contributed by atoms with Crippen LogP contribution in [-0.4, -0.2) is 32.5 Å². The van der Waals surface area contributed by atoms with Gasteiger partial charge in [0.05, 0.1) is 6.10 Å². The Balaban J connectivity index is 1.95. The standard InChI is InChI=1S/C27H32N4O4/c1-16(14-22(28)33)31-25(26(34)29-21-10-4-3-5-11-21)24(30-23(17(2)32)27(31)35)20-13-12-18-8-6-7-9-19(18)15-20/h6-9,12-13,15-17,21,32H,3-5,10-11,14H2,1-2H3,(H2,28,33)(H,29,34). The molecule has 0 aliphatic heterocycles. The average molecular weight is 477 g/mol. The Hall–Kier alpha value is -3.52. The van der Waals surface area contributed by atoms with Crippen molar-refractivity contribution in [3.8, 4) is 11.3 Å². The SMILES string of the molecule is CC(O)c1nc(-c2ccc3ccccc3c2)c(C(=O)NC2CCCCC2)n(C(C)CC(N)=O)c1=O. The molecule has 8 nitrogen and oxygen atoms in total. The summed E-state index contributed by atoms with van der Waals surface area (Å²) in [5.41, 5.74) is 5.76. The van der Waals surface area contributed by atoms with Gasteiger partial charge in [0.2, 0.25) is 5.91 Å². The van der Waals surface area contributed by atoms with E-state index in [9.17, 15) is 19.5 Å². The lowest BCUT2D eigenvalue weighted by Gasteiger charge is -2.26. The predicted octanol–water partition coefficient (Wildman–Crippen LogP) is 3.62. The second-order valence-electron chi connectivity index (χ2n) is 9.44. The summed E-state index contributed by atoms with van der Waals surface area (Å²) in [6, 6.07) is 12.8. The molecule has 1 heterocycles. The molecule has 3 aromatic rings. The number of aliphatic hydroxyl groups is 1. The first-order chi connectivity index (χ1) is 16.8. The summed E-state index contributed by atoms with van der Waals surface area (Å²) in [4.78, 5) is 43.5. The van der Waals surface area contributed by atoms with Gasteiger partial charge in [-0.1, -0.05) is 55.7 Å². The van der Waals surface area contributed by atoms with Crippen molar-refractivity contribution in [2.24, 2.45) is 5.73 Å². The van der Waals surface area contributed by atoms with Gasteiger partial charge in [0.25, 0.3) is 11.5 Å². The number of aromatic nitrogens is 2. The number of rotatable bonds is 7. The molecule has 0 saturated heterocycles. The summed E-state index contributed by atoms with van der Waals surface area (Å²) in [6.07, 6.45) is 3.65. The van der Waals surface area contributed by atoms with Gasteiger partial charge < -0.3 is 16.2 Å². The Morgan fingerprint density at radius 1 is 1.11 bits per heavy atom. The summed E-state index contributed by atoms with van der Waals surface area (Å²) in [7, 11) is 0. The Labute approximate surface area is 204 Å². The normalized spacial score (nSPS) is 16.1. The molecule has 4 N–H and O–H groups in total. The maximum absolute atomic E-state index is 13.7. The van der Waals surface area contributed by atoms with Crippen molar-refractivity contribution in [2.45, 2.75) is 70.6 Å². The molecule has 2 atom stereocenters. The van der Waals surface area contributed by atoms with Crippen molar-refractivity contribution >= 4 is 22.6 Å². The number of hydrogen-bond donors (Lipinski definition) is 3. The van der Waals surface area contributed by atoms with E-state index in [2.05, 4.69) is 10.3 Å². The minimum Gasteiger partial charge on any atom is -0.387 e. The predicted molar refractivity (Wildman–Crippen MR) is 135 cm³/mol. The van der Waals surface area contributed by atoms with Gasteiger partial charge in [-0.05, 0) is 43.5 Å². The third kappa shape index (κ3) is 5.27. The Morgan fingerprint density at radius 3 is 2.46 bits per heavy atom. The summed E-state index contributed by atoms with van der Waals surface area (Å²) in [6.45, 7) is 3.12. The minimum atomic E-state index is -1.16. The molecule has 2 amide bonds. The molecule has 0 radical (unpaired) electrons. The van der Waals surface area contributed by atoms with E-state index in [1.807, 2.05) is 42.5 Å². The number of amides is 2. The lowest BCUT2D eigenvalue weighted by molar-refractivity contribution is -0.118. The van der Waals surface area contributed by atoms with Crippen molar-refractivity contribution in [1.29, 1.82) is 0 Å². The fraction of sp³-hybridized carbons (Fsp3) is 0.407. The van der Waals surface area contributed by atoms with Crippen LogP contribution in [0.3, 0.4) is 0 Å². The monoisotopic (exact) mass is 476 g/mol. The van der Waals surface area contributed by atoms with Gasteiger partial charge in [-0.3, -0.25) is 19.0 Å². The van der Waals surface area contributed by atoms with Crippen LogP contribution < -0.4 is 16.6 Å². The van der Waals surface area contributed by atoms with Gasteiger partial charge in [-0.15, -0.1) is 0 Å². The molecule has 0 bridgehead atoms. The van der Waals surface area contributed by atoms with Crippen molar-refractivity contribution in [3.63, 3.8) is 0 Å². The second-order valence-corrected chi connectivity index (χ2v) is 9.44. The minimum absolute atomic E-state index is 0.00661. The van der Waals surface area contributed by atoms with Crippen LogP contribution in [0.25, 0.3) is 22.0 Å². The zero-order valence-corrected chi connectivity index (χ0v) is 20.2. The fourth-order valence-electron chi connectivity index (χ4n) is 4.89. The summed E-state index contributed by atoms with van der Waals surface area (Å²) >= 11 is 0. The van der Waals surface area contributed by atoms with Gasteiger partial charge >= 0.3 is 0 Å². The molecule has 1 aliphatic rings. The molecule has 1 aromatic heterocycles. The molecule has 2 aromatic carbocycles. The van der Waals surface area contributed by atoms with Gasteiger partial charge in [0, 0.05) is 24.1 Å². The first kappa shape index (κ1) is 24.6. The van der Waals surface area contributed by atoms with Crippen LogP contribution in [0.4, 0.5) is 0 Å². The first-order valence-corrected chi connectivity index (χ1v) is 12.2. The third-order valence-electron chi connectivity index (χ3n) is 6.65. The average Bonchev–Trinajstić information content (AvgIpc) is 2.83. The highest BCUT2D eigenvalue weighted by atomic mass is 16.3. The summed E-state index contributed by atoms with van der Waals surface area (Å²) < 4.78 is 1.28. The number of nitrogens with zero attached hydrogens (tertiary/aromatic N) is 2. The van der Waals surface area contributed by atoms with E-state index >= 15 is 0 Å². The van der Waals surface area contributed by atoms with E-state index in [1.54, 1.807) is 6.92 Å². The molecule has 1 saturated carbocycles. The lowest BCUT2D eigenvalue weighted by atomic mass is 9.95. The highest BCUT2D eigenvalue weighted by Crippen LogP contribution is 2.29. The van der Waals surface area contributed by atoms with Gasteiger partial charge in [-0.25, -0.2) is 4.98 Å². The van der Waals surface area contributed by atoms with E-state index < -0.39 is 29.5 Å². The number of carbonyl (C=O) groups excluding carboxylic acids is 2. The zero-order chi connectivity index (χ0) is 25.1. The van der Waals surface area contributed by atoms with Crippen LogP contribution in [0.1, 0.15) is 80.7 Å². The number of aliphatic hydroxyl groups excluding tert-OH is 1. The van der Waals surface area contributed by atoms with E-state index in [1.165, 1.54) is 11.5 Å². The number of carbonyl (C=O) groups is 2. The number of benzene rings is 2. The first-order valence-electron chi connectivity index (χ1n) is 12.2. The Bertz CT molecular complexity index is 1310. The maximum Gasteiger partial charge on any atom is 0.275 e. The number of nitrogens with one attached hydrogen (secondary N) is 1. The zero-order valence-electron chi connectivity index (χ0n) is 20.2. The van der Waals surface area contributed by atoms with Crippen LogP contribution in [-0.2, 0) is 4.79 Å². The van der Waals surface area contributed by atoms with E-state index in [-0.39, 0.29) is 29.5 Å². The fourth-order valence-corrected chi connectivity index (χ4v) is 4.89. The molecule has 1 fully saturated rings. The maximum atomic E-state index is 13.7. The van der Waals surface area contributed by atoms with Gasteiger partial charge in [0.15, 0.2) is 0 Å². The van der Waals surface area contributed by atoms with Crippen LogP contribution in [0.15, 0.2) is 47.3 Å². The largest absolute Gasteiger partial charge is 0.387 e. The highest BCUT2D eigenvalue weighted by Gasteiger charge is 2.29. The summed E-state index contributed by atoms with van der Waals surface area (Å²) in [5.74, 6) is -1.01. The molecule has 8 heteroatoms. The lowest BCUT2D eigenvalue weighted by Crippen LogP contribution is -2.42. The van der Waals surface area contributed by atoms with E-state index in [4.69, 9.17) is 5.73 Å². The Morgan fingerprint density at radius 2 is 1.80 bits per heavy atom. The Kier molecular flexibility index (Phi) is 7.31. The second kappa shape index (κ2) is 10.4. The molecule has 4 rings (SSSR count). The molecule has 0 spiro atoms. The van der Waals surface area contributed by atoms with Crippen molar-refractivity contribution in [1.82, 2.24) is 14.9 Å². The van der Waals surface area contributed by atoms with Gasteiger partial charge in [-0.2, -0.15) is 0 Å². The molecule has 1 aliphatic carbocycles. The molecule has 35 heavy (non-hydrogen) atoms. The van der Waals surface area contributed by atoms with E-state index in [0.717, 1.165) is 42.9 Å². The quantitative estimate of drug-likeness (QED) is 0.480. The smallest absolute Gasteiger partial charge is 0.275 e. The van der Waals surface area contributed by atoms with Crippen molar-refractivity contribution < 1.29 is 14.7 Å². The molecular formula is C27H32N4O4. The van der Waals surface area contributed by atoms with Crippen molar-refractivity contribution in [3.05, 3.63) is 64.2 Å². The molecule has 2 unspecified atom stereocenters. The topological polar surface area (TPSA) is 127 Å². The van der Waals surface area contributed by atoms with Crippen LogP contribution in [0.5, 0.6) is 0 Å². The third-order valence-corrected chi connectivity index (χ3v) is 6.65. The van der Waals surface area contributed by atoms with Gasteiger partial charge in [0.1, 0.15) is 17.1 Å². The number of nitrogens with two attached hydrogens (primary N) is 1. The van der Waals surface area contributed by atoms with Crippen molar-refractivity contribution in [2.75, 3.05) is 0 Å². The van der Waals surface area contributed by atoms with E-state index in [0.29, 0.717) is 5.56 Å². The number of hydrogen-bond acceptors (Lipinski definition) is 5.